The first-order valence-corrected chi connectivity index (χ1v) is 7.53. The molecule has 0 amide bonds. The third-order valence-corrected chi connectivity index (χ3v) is 4.31. The Morgan fingerprint density at radius 2 is 1.67 bits per heavy atom. The van der Waals surface area contributed by atoms with Crippen LogP contribution in [0.1, 0.15) is 28.4 Å². The number of hydrogen-bond acceptors (Lipinski definition) is 3. The molecule has 1 aliphatic rings. The lowest BCUT2D eigenvalue weighted by molar-refractivity contribution is 0.0993. The van der Waals surface area contributed by atoms with Crippen LogP contribution in [0.4, 0.5) is 10.5 Å². The maximum atomic E-state index is 12.6. The minimum Gasteiger partial charge on any atom is -0.449 e. The molecule has 2 aromatic rings. The average Bonchev–Trinajstić information content (AvgIpc) is 2.75. The van der Waals surface area contributed by atoms with Gasteiger partial charge in [0.1, 0.15) is 5.69 Å². The van der Waals surface area contributed by atoms with Crippen molar-refractivity contribution in [3.63, 3.8) is 0 Å². The smallest absolute Gasteiger partial charge is 0.449 e. The number of ether oxygens (including phenoxy) is 1. The van der Waals surface area contributed by atoms with Crippen molar-refractivity contribution in [1.29, 1.82) is 0 Å². The molecule has 1 heterocycles. The molecule has 0 aliphatic carbocycles. The Hall–Kier alpha value is -2.92. The number of quaternary nitrogens is 1. The highest BCUT2D eigenvalue weighted by Gasteiger charge is 2.41. The largest absolute Gasteiger partial charge is 0.515 e. The van der Waals surface area contributed by atoms with E-state index in [-0.39, 0.29) is 10.3 Å². The zero-order chi connectivity index (χ0) is 17.5. The minimum absolute atomic E-state index is 0.0656. The molecule has 1 aliphatic heterocycles. The Balaban J connectivity index is 2.07. The van der Waals surface area contributed by atoms with Gasteiger partial charge in [0.05, 0.1) is 19.7 Å². The first kappa shape index (κ1) is 16.0. The maximum Gasteiger partial charge on any atom is 0.515 e. The van der Waals surface area contributed by atoms with Gasteiger partial charge in [-0.15, -0.1) is 0 Å². The molecule has 0 bridgehead atoms. The summed E-state index contributed by atoms with van der Waals surface area (Å²) in [6.07, 6.45) is -1.34. The number of nitrogens with zero attached hydrogens (tertiary/aromatic N) is 1. The first-order valence-electron chi connectivity index (χ1n) is 7.53. The molecular formula is C19H18NO4+. The Morgan fingerprint density at radius 1 is 1.00 bits per heavy atom. The highest BCUT2D eigenvalue weighted by atomic mass is 16.7. The average molecular weight is 324 g/mol. The second kappa shape index (κ2) is 5.62. The van der Waals surface area contributed by atoms with Crippen LogP contribution in [0, 0.1) is 0 Å². The van der Waals surface area contributed by atoms with Crippen molar-refractivity contribution in [1.82, 2.24) is 4.48 Å². The third-order valence-electron chi connectivity index (χ3n) is 4.31. The number of carbonyl (C=O) groups excluding carboxylic acids is 1. The predicted molar refractivity (Wildman–Crippen MR) is 91.7 cm³/mol. The fraction of sp³-hybridized carbons (Fsp3) is 0.158. The number of carbonyl (C=O) groups is 2. The second-order valence-electron chi connectivity index (χ2n) is 6.18. The number of carboxylic acid groups (broad SMARTS) is 1. The lowest BCUT2D eigenvalue weighted by atomic mass is 9.98. The van der Waals surface area contributed by atoms with Gasteiger partial charge in [0.2, 0.25) is 0 Å². The van der Waals surface area contributed by atoms with E-state index in [0.717, 1.165) is 16.8 Å². The lowest BCUT2D eigenvalue weighted by Gasteiger charge is -2.25. The number of hydrogen-bond donors (Lipinski definition) is 1. The Morgan fingerprint density at radius 3 is 2.29 bits per heavy atom. The van der Waals surface area contributed by atoms with E-state index in [9.17, 15) is 9.59 Å². The van der Waals surface area contributed by atoms with Crippen molar-refractivity contribution >= 4 is 23.2 Å². The van der Waals surface area contributed by atoms with Crippen molar-refractivity contribution in [3.05, 3.63) is 71.1 Å². The van der Waals surface area contributed by atoms with Crippen LogP contribution in [0.3, 0.4) is 0 Å². The number of rotatable bonds is 3. The van der Waals surface area contributed by atoms with E-state index in [2.05, 4.69) is 0 Å². The molecular weight excluding hydrogens is 306 g/mol. The number of ketones is 1. The van der Waals surface area contributed by atoms with Gasteiger partial charge >= 0.3 is 12.0 Å². The van der Waals surface area contributed by atoms with Gasteiger partial charge in [-0.25, -0.2) is 9.28 Å². The zero-order valence-electron chi connectivity index (χ0n) is 13.7. The molecule has 0 radical (unpaired) electrons. The molecule has 3 rings (SSSR count). The maximum absolute atomic E-state index is 12.6. The molecule has 0 unspecified atom stereocenters. The summed E-state index contributed by atoms with van der Waals surface area (Å²) in [5.74, 6) is 0.283. The first-order chi connectivity index (χ1) is 11.3. The summed E-state index contributed by atoms with van der Waals surface area (Å²) >= 11 is 0. The number of allylic oxidation sites excluding steroid dienone is 1. The van der Waals surface area contributed by atoms with Gasteiger partial charge in [-0.2, -0.15) is 0 Å². The van der Waals surface area contributed by atoms with Gasteiger partial charge in [0.15, 0.2) is 5.78 Å². The monoisotopic (exact) mass is 324 g/mol. The van der Waals surface area contributed by atoms with Gasteiger partial charge in [-0.3, -0.25) is 4.79 Å². The fourth-order valence-electron chi connectivity index (χ4n) is 3.14. The zero-order valence-corrected chi connectivity index (χ0v) is 13.7. The number of fused-ring (bicyclic) bond motifs is 1. The van der Waals surface area contributed by atoms with Crippen LogP contribution >= 0.6 is 0 Å². The predicted octanol–water partition coefficient (Wildman–Crippen LogP) is 3.88. The van der Waals surface area contributed by atoms with E-state index >= 15 is 0 Å². The molecule has 5 nitrogen and oxygen atoms in total. The van der Waals surface area contributed by atoms with Crippen molar-refractivity contribution in [2.45, 2.75) is 6.92 Å². The number of benzene rings is 2. The van der Waals surface area contributed by atoms with E-state index in [0.29, 0.717) is 17.0 Å². The van der Waals surface area contributed by atoms with Gasteiger partial charge in [0, 0.05) is 22.8 Å². The molecule has 24 heavy (non-hydrogen) atoms. The van der Waals surface area contributed by atoms with Crippen LogP contribution in [0.5, 0.6) is 0 Å². The van der Waals surface area contributed by atoms with Crippen LogP contribution in [0.2, 0.25) is 0 Å². The van der Waals surface area contributed by atoms with Gasteiger partial charge < -0.3 is 9.84 Å². The topological polar surface area (TPSA) is 63.6 Å². The van der Waals surface area contributed by atoms with Gasteiger partial charge in [-0.1, -0.05) is 30.3 Å². The lowest BCUT2D eigenvalue weighted by Crippen LogP contribution is -2.39. The van der Waals surface area contributed by atoms with Crippen LogP contribution in [-0.4, -0.2) is 31.1 Å². The van der Waals surface area contributed by atoms with Crippen molar-refractivity contribution < 1.29 is 19.4 Å². The summed E-state index contributed by atoms with van der Waals surface area (Å²) in [6, 6.07) is 14.5. The molecule has 0 saturated heterocycles. The Kier molecular flexibility index (Phi) is 3.73. The quantitative estimate of drug-likeness (QED) is 0.529. The van der Waals surface area contributed by atoms with Crippen molar-refractivity contribution in [3.8, 4) is 0 Å². The molecule has 5 heteroatoms. The highest BCUT2D eigenvalue weighted by molar-refractivity contribution is 6.10. The summed E-state index contributed by atoms with van der Waals surface area (Å²) in [6.45, 7) is 1.81. The van der Waals surface area contributed by atoms with Crippen LogP contribution < -0.4 is 4.48 Å². The fourth-order valence-corrected chi connectivity index (χ4v) is 3.14. The summed E-state index contributed by atoms with van der Waals surface area (Å²) < 4.78 is 5.18. The second-order valence-corrected chi connectivity index (χ2v) is 6.18. The van der Waals surface area contributed by atoms with E-state index in [1.807, 2.05) is 38.4 Å². The standard InChI is InChI=1S/C19H17NO4/c1-12-15-11-14(17(21)13-7-5-4-6-8-13)9-10-16(15)20(2,3)18(12)24-19(22)23/h4-11H,1-3H3/p+1. The van der Waals surface area contributed by atoms with Crippen molar-refractivity contribution in [2.75, 3.05) is 14.1 Å². The van der Waals surface area contributed by atoms with Gasteiger partial charge in [0.25, 0.3) is 0 Å². The van der Waals surface area contributed by atoms with Crippen LogP contribution in [0.25, 0.3) is 5.57 Å². The van der Waals surface area contributed by atoms with Crippen LogP contribution in [-0.2, 0) is 4.74 Å². The van der Waals surface area contributed by atoms with Crippen LogP contribution in [0.15, 0.2) is 54.4 Å². The normalized spacial score (nSPS) is 15.1. The van der Waals surface area contributed by atoms with Gasteiger partial charge in [-0.05, 0) is 19.1 Å². The Labute approximate surface area is 140 Å². The Bertz CT molecular complexity index is 866. The molecule has 0 saturated carbocycles. The minimum atomic E-state index is -1.34. The summed E-state index contributed by atoms with van der Waals surface area (Å²) in [7, 11) is 3.71. The van der Waals surface area contributed by atoms with E-state index in [1.54, 1.807) is 31.2 Å². The molecule has 0 aromatic heterocycles. The summed E-state index contributed by atoms with van der Waals surface area (Å²) in [5.41, 5.74) is 3.63. The van der Waals surface area contributed by atoms with E-state index in [4.69, 9.17) is 9.84 Å². The molecule has 0 atom stereocenters. The third kappa shape index (κ3) is 2.49. The molecule has 122 valence electrons. The van der Waals surface area contributed by atoms with Crippen molar-refractivity contribution in [2.24, 2.45) is 0 Å². The molecule has 0 fully saturated rings. The summed E-state index contributed by atoms with van der Waals surface area (Å²) in [5, 5.41) is 8.97. The van der Waals surface area contributed by atoms with E-state index < -0.39 is 6.16 Å². The van der Waals surface area contributed by atoms with E-state index in [1.165, 1.54) is 0 Å². The highest BCUT2D eigenvalue weighted by Crippen LogP contribution is 2.43. The molecule has 1 N–H and O–H groups in total. The molecule has 2 aromatic carbocycles. The molecule has 0 spiro atoms. The SMILES string of the molecule is CC1=C(OC(=O)O)[N+](C)(C)c2ccc(C(=O)c3ccccc3)cc21. The summed E-state index contributed by atoms with van der Waals surface area (Å²) in [4.78, 5) is 23.6.